The second kappa shape index (κ2) is 6.59. The van der Waals surface area contributed by atoms with E-state index in [1.807, 2.05) is 6.07 Å². The first-order chi connectivity index (χ1) is 12.6. The molecule has 2 fully saturated rings. The van der Waals surface area contributed by atoms with Crippen molar-refractivity contribution in [1.29, 1.82) is 0 Å². The predicted octanol–water partition coefficient (Wildman–Crippen LogP) is 1.91. The molecule has 1 aliphatic carbocycles. The number of rotatable bonds is 5. The number of aryl methyl sites for hydroxylation is 1. The maximum atomic E-state index is 12.9. The van der Waals surface area contributed by atoms with Crippen molar-refractivity contribution >= 4 is 11.8 Å². The van der Waals surface area contributed by atoms with Crippen molar-refractivity contribution in [2.75, 3.05) is 6.54 Å². The molecule has 0 spiro atoms. The molecule has 0 bridgehead atoms. The largest absolute Gasteiger partial charge is 0.467 e. The average Bonchev–Trinajstić information content (AvgIpc) is 3.37. The number of amides is 2. The number of likely N-dealkylation sites (tertiary alicyclic amines) is 1. The normalized spacial score (nSPS) is 22.1. The molecular formula is C18H22N4O4. The molecule has 26 heavy (non-hydrogen) atoms. The van der Waals surface area contributed by atoms with E-state index in [2.05, 4.69) is 15.5 Å². The Bertz CT molecular complexity index is 792. The maximum absolute atomic E-state index is 12.9. The van der Waals surface area contributed by atoms with Gasteiger partial charge in [0.2, 0.25) is 17.7 Å². The Labute approximate surface area is 150 Å². The Morgan fingerprint density at radius 2 is 2.23 bits per heavy atom. The van der Waals surface area contributed by atoms with Gasteiger partial charge < -0.3 is 19.2 Å². The SMILES string of the molecule is Cc1nc(C2(NC(=O)C3CC(=O)N(Cc4ccco4)C3)CCCC2)no1. The predicted molar refractivity (Wildman–Crippen MR) is 89.6 cm³/mol. The quantitative estimate of drug-likeness (QED) is 0.876. The topological polar surface area (TPSA) is 101 Å². The number of hydrogen-bond donors (Lipinski definition) is 1. The number of aromatic nitrogens is 2. The zero-order valence-corrected chi connectivity index (χ0v) is 14.7. The van der Waals surface area contributed by atoms with Gasteiger partial charge in [0.05, 0.1) is 18.7 Å². The number of carbonyl (C=O) groups excluding carboxylic acids is 2. The number of carbonyl (C=O) groups is 2. The number of nitrogens with zero attached hydrogens (tertiary/aromatic N) is 3. The first-order valence-electron chi connectivity index (χ1n) is 8.99. The summed E-state index contributed by atoms with van der Waals surface area (Å²) in [4.78, 5) is 31.2. The summed E-state index contributed by atoms with van der Waals surface area (Å²) in [7, 11) is 0. The summed E-state index contributed by atoms with van der Waals surface area (Å²) in [5.41, 5.74) is -0.577. The fourth-order valence-electron chi connectivity index (χ4n) is 3.91. The minimum atomic E-state index is -0.577. The molecule has 2 aromatic heterocycles. The molecule has 1 atom stereocenters. The number of hydrogen-bond acceptors (Lipinski definition) is 6. The third kappa shape index (κ3) is 3.11. The molecule has 8 heteroatoms. The molecule has 2 amide bonds. The van der Waals surface area contributed by atoms with E-state index < -0.39 is 5.54 Å². The van der Waals surface area contributed by atoms with E-state index >= 15 is 0 Å². The molecular weight excluding hydrogens is 336 g/mol. The van der Waals surface area contributed by atoms with Crippen LogP contribution in [0.15, 0.2) is 27.3 Å². The highest BCUT2D eigenvalue weighted by atomic mass is 16.5. The molecule has 3 heterocycles. The molecule has 8 nitrogen and oxygen atoms in total. The Morgan fingerprint density at radius 1 is 1.42 bits per heavy atom. The summed E-state index contributed by atoms with van der Waals surface area (Å²) < 4.78 is 10.4. The molecule has 1 saturated carbocycles. The summed E-state index contributed by atoms with van der Waals surface area (Å²) in [5, 5.41) is 7.18. The summed E-state index contributed by atoms with van der Waals surface area (Å²) in [5.74, 6) is 1.22. The van der Waals surface area contributed by atoms with Crippen molar-refractivity contribution in [3.8, 4) is 0 Å². The van der Waals surface area contributed by atoms with Gasteiger partial charge in [-0.1, -0.05) is 18.0 Å². The molecule has 1 aliphatic heterocycles. The van der Waals surface area contributed by atoms with Gasteiger partial charge in [0.25, 0.3) is 0 Å². The van der Waals surface area contributed by atoms with Crippen LogP contribution in [0.3, 0.4) is 0 Å². The fourth-order valence-corrected chi connectivity index (χ4v) is 3.91. The smallest absolute Gasteiger partial charge is 0.226 e. The van der Waals surface area contributed by atoms with Crippen molar-refractivity contribution in [3.63, 3.8) is 0 Å². The standard InChI is InChI=1S/C18H22N4O4/c1-12-19-17(21-26-12)18(6-2-3-7-18)20-16(24)13-9-15(23)22(10-13)11-14-5-4-8-25-14/h4-5,8,13H,2-3,6-7,9-11H2,1H3,(H,20,24). The van der Waals surface area contributed by atoms with E-state index in [0.717, 1.165) is 25.7 Å². The van der Waals surface area contributed by atoms with Gasteiger partial charge in [-0.3, -0.25) is 9.59 Å². The van der Waals surface area contributed by atoms with Gasteiger partial charge >= 0.3 is 0 Å². The van der Waals surface area contributed by atoms with Crippen molar-refractivity contribution in [2.45, 2.75) is 51.1 Å². The summed E-state index contributed by atoms with van der Waals surface area (Å²) in [6.07, 6.45) is 5.37. The van der Waals surface area contributed by atoms with Crippen LogP contribution in [0.5, 0.6) is 0 Å². The van der Waals surface area contributed by atoms with Gasteiger partial charge in [0.15, 0.2) is 5.82 Å². The van der Waals surface area contributed by atoms with Crippen LogP contribution < -0.4 is 5.32 Å². The van der Waals surface area contributed by atoms with Gasteiger partial charge in [0.1, 0.15) is 11.3 Å². The van der Waals surface area contributed by atoms with Crippen LogP contribution in [-0.4, -0.2) is 33.4 Å². The van der Waals surface area contributed by atoms with Crippen LogP contribution in [0, 0.1) is 12.8 Å². The van der Waals surface area contributed by atoms with Gasteiger partial charge in [0, 0.05) is 19.9 Å². The minimum absolute atomic E-state index is 0.0302. The van der Waals surface area contributed by atoms with Gasteiger partial charge in [-0.15, -0.1) is 0 Å². The van der Waals surface area contributed by atoms with Crippen LogP contribution in [-0.2, 0) is 21.7 Å². The van der Waals surface area contributed by atoms with Crippen molar-refractivity contribution < 1.29 is 18.5 Å². The highest BCUT2D eigenvalue weighted by Crippen LogP contribution is 2.38. The van der Waals surface area contributed by atoms with Crippen LogP contribution >= 0.6 is 0 Å². The fraction of sp³-hybridized carbons (Fsp3) is 0.556. The Kier molecular flexibility index (Phi) is 4.26. The zero-order valence-electron chi connectivity index (χ0n) is 14.7. The summed E-state index contributed by atoms with van der Waals surface area (Å²) >= 11 is 0. The Hall–Kier alpha value is -2.64. The van der Waals surface area contributed by atoms with Crippen LogP contribution in [0.2, 0.25) is 0 Å². The summed E-state index contributed by atoms with van der Waals surface area (Å²) in [6.45, 7) is 2.53. The highest BCUT2D eigenvalue weighted by molar-refractivity contribution is 5.89. The molecule has 1 N–H and O–H groups in total. The second-order valence-electron chi connectivity index (χ2n) is 7.17. The lowest BCUT2D eigenvalue weighted by Gasteiger charge is -2.28. The summed E-state index contributed by atoms with van der Waals surface area (Å²) in [6, 6.07) is 3.61. The monoisotopic (exact) mass is 358 g/mol. The second-order valence-corrected chi connectivity index (χ2v) is 7.17. The first kappa shape index (κ1) is 16.8. The lowest BCUT2D eigenvalue weighted by molar-refractivity contribution is -0.130. The third-order valence-corrected chi connectivity index (χ3v) is 5.29. The van der Waals surface area contributed by atoms with Gasteiger partial charge in [-0.2, -0.15) is 4.98 Å². The van der Waals surface area contributed by atoms with Crippen LogP contribution in [0.4, 0.5) is 0 Å². The van der Waals surface area contributed by atoms with Crippen LogP contribution in [0.1, 0.15) is 49.6 Å². The molecule has 1 unspecified atom stereocenters. The molecule has 138 valence electrons. The average molecular weight is 358 g/mol. The molecule has 0 aromatic carbocycles. The van der Waals surface area contributed by atoms with E-state index in [-0.39, 0.29) is 24.2 Å². The van der Waals surface area contributed by atoms with E-state index in [1.54, 1.807) is 24.2 Å². The van der Waals surface area contributed by atoms with Crippen molar-refractivity contribution in [3.05, 3.63) is 35.9 Å². The third-order valence-electron chi connectivity index (χ3n) is 5.29. The lowest BCUT2D eigenvalue weighted by atomic mass is 9.94. The Morgan fingerprint density at radius 3 is 2.88 bits per heavy atom. The highest BCUT2D eigenvalue weighted by Gasteiger charge is 2.44. The number of nitrogens with one attached hydrogen (secondary N) is 1. The molecule has 0 radical (unpaired) electrons. The van der Waals surface area contributed by atoms with Gasteiger partial charge in [-0.05, 0) is 25.0 Å². The first-order valence-corrected chi connectivity index (χ1v) is 8.99. The van der Waals surface area contributed by atoms with E-state index in [1.165, 1.54) is 0 Å². The maximum Gasteiger partial charge on any atom is 0.226 e. The molecule has 1 saturated heterocycles. The van der Waals surface area contributed by atoms with E-state index in [0.29, 0.717) is 30.6 Å². The van der Waals surface area contributed by atoms with Crippen molar-refractivity contribution in [1.82, 2.24) is 20.4 Å². The lowest BCUT2D eigenvalue weighted by Crippen LogP contribution is -2.47. The zero-order chi connectivity index (χ0) is 18.1. The van der Waals surface area contributed by atoms with Gasteiger partial charge in [-0.25, -0.2) is 0 Å². The van der Waals surface area contributed by atoms with Crippen LogP contribution in [0.25, 0.3) is 0 Å². The van der Waals surface area contributed by atoms with Crippen molar-refractivity contribution in [2.24, 2.45) is 5.92 Å². The number of furan rings is 1. The van der Waals surface area contributed by atoms with E-state index in [9.17, 15) is 9.59 Å². The van der Waals surface area contributed by atoms with E-state index in [4.69, 9.17) is 8.94 Å². The molecule has 4 rings (SSSR count). The molecule has 2 aliphatic rings. The minimum Gasteiger partial charge on any atom is -0.467 e. The molecule has 2 aromatic rings. The Balaban J connectivity index is 1.45.